The molecule has 128 valence electrons. The van der Waals surface area contributed by atoms with E-state index in [-0.39, 0.29) is 5.91 Å². The molecular formula is C19H26N4O. The lowest BCUT2D eigenvalue weighted by molar-refractivity contribution is 0.0948. The Bertz CT molecular complexity index is 680. The van der Waals surface area contributed by atoms with Gasteiger partial charge < -0.3 is 10.6 Å². The van der Waals surface area contributed by atoms with Crippen LogP contribution in [-0.4, -0.2) is 22.4 Å². The number of nitrogens with zero attached hydrogens (tertiary/aromatic N) is 2. The largest absolute Gasteiger partial charge is 0.351 e. The number of rotatable bonds is 7. The highest BCUT2D eigenvalue weighted by atomic mass is 16.1. The van der Waals surface area contributed by atoms with Crippen molar-refractivity contribution >= 4 is 17.5 Å². The minimum absolute atomic E-state index is 0.160. The lowest BCUT2D eigenvalue weighted by Crippen LogP contribution is -2.25. The molecule has 2 rings (SSSR count). The Morgan fingerprint density at radius 3 is 2.50 bits per heavy atom. The van der Waals surface area contributed by atoms with Gasteiger partial charge >= 0.3 is 0 Å². The Hall–Kier alpha value is -2.43. The molecule has 0 bridgehead atoms. The van der Waals surface area contributed by atoms with Crippen molar-refractivity contribution in [1.82, 2.24) is 15.3 Å². The summed E-state index contributed by atoms with van der Waals surface area (Å²) in [5.74, 6) is 0.771. The number of anilines is 2. The Balaban J connectivity index is 2.11. The average molecular weight is 326 g/mol. The minimum Gasteiger partial charge on any atom is -0.351 e. The van der Waals surface area contributed by atoms with E-state index in [0.29, 0.717) is 24.1 Å². The number of amides is 1. The molecule has 1 aromatic carbocycles. The van der Waals surface area contributed by atoms with Crippen LogP contribution in [0.5, 0.6) is 0 Å². The van der Waals surface area contributed by atoms with Gasteiger partial charge in [-0.1, -0.05) is 39.3 Å². The fourth-order valence-electron chi connectivity index (χ4n) is 2.29. The molecule has 0 aliphatic rings. The van der Waals surface area contributed by atoms with E-state index in [1.165, 1.54) is 5.56 Å². The van der Waals surface area contributed by atoms with E-state index in [1.54, 1.807) is 6.07 Å². The first-order valence-corrected chi connectivity index (χ1v) is 8.50. The second kappa shape index (κ2) is 8.43. The molecule has 0 fully saturated rings. The number of hydrogen-bond acceptors (Lipinski definition) is 4. The molecule has 0 unspecified atom stereocenters. The molecule has 2 aromatic rings. The highest BCUT2D eigenvalue weighted by Crippen LogP contribution is 2.19. The van der Waals surface area contributed by atoms with Gasteiger partial charge in [0.2, 0.25) is 5.95 Å². The molecule has 0 radical (unpaired) electrons. The molecule has 0 saturated carbocycles. The SMILES string of the molecule is CCCCNC(=O)c1cc(C)nc(Nc2ccc(C(C)C)cc2)n1. The van der Waals surface area contributed by atoms with Crippen LogP contribution in [0.25, 0.3) is 0 Å². The van der Waals surface area contributed by atoms with Gasteiger partial charge in [0.05, 0.1) is 0 Å². The number of benzene rings is 1. The highest BCUT2D eigenvalue weighted by molar-refractivity contribution is 5.92. The van der Waals surface area contributed by atoms with Crippen molar-refractivity contribution in [3.63, 3.8) is 0 Å². The van der Waals surface area contributed by atoms with Crippen LogP contribution in [0.2, 0.25) is 0 Å². The van der Waals surface area contributed by atoms with Crippen molar-refractivity contribution < 1.29 is 4.79 Å². The maximum Gasteiger partial charge on any atom is 0.270 e. The van der Waals surface area contributed by atoms with Crippen LogP contribution in [-0.2, 0) is 0 Å². The summed E-state index contributed by atoms with van der Waals surface area (Å²) in [6, 6.07) is 9.88. The summed E-state index contributed by atoms with van der Waals surface area (Å²) in [5.41, 5.74) is 3.33. The van der Waals surface area contributed by atoms with Crippen molar-refractivity contribution in [3.05, 3.63) is 47.3 Å². The molecule has 5 nitrogen and oxygen atoms in total. The molecule has 1 heterocycles. The Kier molecular flexibility index (Phi) is 6.29. The zero-order chi connectivity index (χ0) is 17.5. The van der Waals surface area contributed by atoms with Gasteiger partial charge in [0.25, 0.3) is 5.91 Å². The molecule has 0 atom stereocenters. The van der Waals surface area contributed by atoms with Crippen molar-refractivity contribution in [1.29, 1.82) is 0 Å². The zero-order valence-electron chi connectivity index (χ0n) is 14.9. The van der Waals surface area contributed by atoms with E-state index in [1.807, 2.05) is 19.1 Å². The van der Waals surface area contributed by atoms with Crippen LogP contribution in [0, 0.1) is 6.92 Å². The number of nitrogens with one attached hydrogen (secondary N) is 2. The fourth-order valence-corrected chi connectivity index (χ4v) is 2.29. The Labute approximate surface area is 143 Å². The third-order valence-corrected chi connectivity index (χ3v) is 3.74. The van der Waals surface area contributed by atoms with Crippen LogP contribution in [0.4, 0.5) is 11.6 Å². The fraction of sp³-hybridized carbons (Fsp3) is 0.421. The van der Waals surface area contributed by atoms with Crippen LogP contribution >= 0.6 is 0 Å². The smallest absolute Gasteiger partial charge is 0.270 e. The summed E-state index contributed by atoms with van der Waals surface area (Å²) in [6.07, 6.45) is 2.01. The molecule has 5 heteroatoms. The predicted molar refractivity (Wildman–Crippen MR) is 97.8 cm³/mol. The number of aromatic nitrogens is 2. The Morgan fingerprint density at radius 2 is 1.88 bits per heavy atom. The minimum atomic E-state index is -0.160. The first-order valence-electron chi connectivity index (χ1n) is 8.50. The molecule has 1 amide bonds. The predicted octanol–water partition coefficient (Wildman–Crippen LogP) is 4.18. The van der Waals surface area contributed by atoms with Gasteiger partial charge in [0.1, 0.15) is 5.69 Å². The molecule has 0 aliphatic carbocycles. The standard InChI is InChI=1S/C19H26N4O/c1-5-6-11-20-18(24)17-12-14(4)21-19(23-17)22-16-9-7-15(8-10-16)13(2)3/h7-10,12-13H,5-6,11H2,1-4H3,(H,20,24)(H,21,22,23). The van der Waals surface area contributed by atoms with Gasteiger partial charge in [0, 0.05) is 17.9 Å². The maximum absolute atomic E-state index is 12.2. The van der Waals surface area contributed by atoms with E-state index in [0.717, 1.165) is 24.2 Å². The van der Waals surface area contributed by atoms with Gasteiger partial charge in [-0.05, 0) is 43.0 Å². The molecule has 0 aliphatic heterocycles. The third kappa shape index (κ3) is 5.05. The van der Waals surface area contributed by atoms with Crippen molar-refractivity contribution in [2.45, 2.75) is 46.5 Å². The topological polar surface area (TPSA) is 66.9 Å². The summed E-state index contributed by atoms with van der Waals surface area (Å²) in [4.78, 5) is 20.9. The zero-order valence-corrected chi connectivity index (χ0v) is 14.9. The van der Waals surface area contributed by atoms with E-state index in [9.17, 15) is 4.79 Å². The van der Waals surface area contributed by atoms with E-state index in [4.69, 9.17) is 0 Å². The van der Waals surface area contributed by atoms with Gasteiger partial charge in [-0.3, -0.25) is 4.79 Å². The molecule has 0 spiro atoms. The number of unbranched alkanes of at least 4 members (excludes halogenated alkanes) is 1. The van der Waals surface area contributed by atoms with Crippen molar-refractivity contribution in [2.75, 3.05) is 11.9 Å². The summed E-state index contributed by atoms with van der Waals surface area (Å²) < 4.78 is 0. The van der Waals surface area contributed by atoms with Crippen LogP contribution in [0.15, 0.2) is 30.3 Å². The van der Waals surface area contributed by atoms with Gasteiger partial charge in [0.15, 0.2) is 0 Å². The summed E-state index contributed by atoms with van der Waals surface area (Å²) in [5, 5.41) is 6.05. The molecular weight excluding hydrogens is 300 g/mol. The van der Waals surface area contributed by atoms with Gasteiger partial charge in [-0.2, -0.15) is 0 Å². The van der Waals surface area contributed by atoms with Gasteiger partial charge in [-0.25, -0.2) is 9.97 Å². The monoisotopic (exact) mass is 326 g/mol. The molecule has 2 N–H and O–H groups in total. The van der Waals surface area contributed by atoms with Crippen molar-refractivity contribution in [3.8, 4) is 0 Å². The lowest BCUT2D eigenvalue weighted by atomic mass is 10.0. The number of carbonyl (C=O) groups is 1. The molecule has 0 saturated heterocycles. The highest BCUT2D eigenvalue weighted by Gasteiger charge is 2.10. The lowest BCUT2D eigenvalue weighted by Gasteiger charge is -2.10. The maximum atomic E-state index is 12.2. The second-order valence-corrected chi connectivity index (χ2v) is 6.23. The van der Waals surface area contributed by atoms with E-state index >= 15 is 0 Å². The first-order chi connectivity index (χ1) is 11.5. The quantitative estimate of drug-likeness (QED) is 0.749. The average Bonchev–Trinajstić information content (AvgIpc) is 2.55. The first kappa shape index (κ1) is 17.9. The summed E-state index contributed by atoms with van der Waals surface area (Å²) >= 11 is 0. The van der Waals surface area contributed by atoms with Crippen LogP contribution in [0.3, 0.4) is 0 Å². The number of carbonyl (C=O) groups excluding carboxylic acids is 1. The Morgan fingerprint density at radius 1 is 1.17 bits per heavy atom. The van der Waals surface area contributed by atoms with Crippen LogP contribution in [0.1, 0.15) is 61.3 Å². The number of hydrogen-bond donors (Lipinski definition) is 2. The van der Waals surface area contributed by atoms with E-state index < -0.39 is 0 Å². The summed E-state index contributed by atoms with van der Waals surface area (Å²) in [6.45, 7) is 8.94. The van der Waals surface area contributed by atoms with Crippen LogP contribution < -0.4 is 10.6 Å². The second-order valence-electron chi connectivity index (χ2n) is 6.23. The van der Waals surface area contributed by atoms with Crippen molar-refractivity contribution in [2.24, 2.45) is 0 Å². The molecule has 1 aromatic heterocycles. The summed E-state index contributed by atoms with van der Waals surface area (Å²) in [7, 11) is 0. The number of aryl methyl sites for hydroxylation is 1. The third-order valence-electron chi connectivity index (χ3n) is 3.74. The van der Waals surface area contributed by atoms with Gasteiger partial charge in [-0.15, -0.1) is 0 Å². The normalized spacial score (nSPS) is 10.7. The molecule has 24 heavy (non-hydrogen) atoms. The van der Waals surface area contributed by atoms with E-state index in [2.05, 4.69) is 53.5 Å².